The van der Waals surface area contributed by atoms with E-state index in [0.717, 1.165) is 38.5 Å². The van der Waals surface area contributed by atoms with Crippen LogP contribution in [0.5, 0.6) is 0 Å². The zero-order chi connectivity index (χ0) is 28.5. The van der Waals surface area contributed by atoms with Gasteiger partial charge in [0.15, 0.2) is 0 Å². The van der Waals surface area contributed by atoms with Crippen molar-refractivity contribution >= 4 is 23.9 Å². The first-order valence-electron chi connectivity index (χ1n) is 14.7. The van der Waals surface area contributed by atoms with E-state index in [-0.39, 0.29) is 26.2 Å². The van der Waals surface area contributed by atoms with Gasteiger partial charge in [-0.15, -0.1) is 0 Å². The van der Waals surface area contributed by atoms with E-state index < -0.39 is 42.3 Å². The maximum Gasteiger partial charge on any atom is 0.351 e. The highest BCUT2D eigenvalue weighted by Crippen LogP contribution is 2.26. The Morgan fingerprint density at radius 2 is 1.00 bits per heavy atom. The minimum atomic E-state index is -2.10. The molecule has 0 radical (unpaired) electrons. The van der Waals surface area contributed by atoms with E-state index in [1.54, 1.807) is 20.8 Å². The molecule has 0 aliphatic rings. The Bertz CT molecular complexity index is 666. The Morgan fingerprint density at radius 1 is 0.553 bits per heavy atom. The molecule has 8 heteroatoms. The van der Waals surface area contributed by atoms with E-state index in [4.69, 9.17) is 18.9 Å². The third-order valence-corrected chi connectivity index (χ3v) is 6.07. The molecule has 0 amide bonds. The summed E-state index contributed by atoms with van der Waals surface area (Å²) in [7, 11) is 0. The smallest absolute Gasteiger partial charge is 0.351 e. The number of rotatable bonds is 24. The molecule has 0 saturated carbocycles. The van der Waals surface area contributed by atoms with Crippen LogP contribution in [0.4, 0.5) is 0 Å². The number of hydrogen-bond acceptors (Lipinski definition) is 8. The van der Waals surface area contributed by atoms with Crippen LogP contribution < -0.4 is 0 Å². The molecule has 0 N–H and O–H groups in total. The molecule has 8 nitrogen and oxygen atoms in total. The van der Waals surface area contributed by atoms with Crippen LogP contribution in [0.1, 0.15) is 130 Å². The molecule has 0 atom stereocenters. The first kappa shape index (κ1) is 35.6. The highest BCUT2D eigenvalue weighted by Gasteiger charge is 2.49. The minimum Gasteiger partial charge on any atom is -0.466 e. The van der Waals surface area contributed by atoms with Gasteiger partial charge in [-0.3, -0.25) is 14.4 Å². The highest BCUT2D eigenvalue weighted by atomic mass is 16.6. The lowest BCUT2D eigenvalue weighted by Crippen LogP contribution is -2.48. The molecule has 0 fully saturated rings. The molecule has 0 aliphatic heterocycles. The first-order valence-corrected chi connectivity index (χ1v) is 14.7. The predicted octanol–water partition coefficient (Wildman–Crippen LogP) is 6.78. The van der Waals surface area contributed by atoms with Crippen LogP contribution >= 0.6 is 0 Å². The lowest BCUT2D eigenvalue weighted by atomic mass is 9.94. The van der Waals surface area contributed by atoms with Crippen molar-refractivity contribution in [2.24, 2.45) is 0 Å². The molecule has 0 aliphatic carbocycles. The van der Waals surface area contributed by atoms with E-state index in [9.17, 15) is 19.2 Å². The fourth-order valence-corrected chi connectivity index (χ4v) is 4.08. The maximum absolute atomic E-state index is 12.8. The van der Waals surface area contributed by atoms with E-state index >= 15 is 0 Å². The van der Waals surface area contributed by atoms with Gasteiger partial charge in [0.05, 0.1) is 32.7 Å². The van der Waals surface area contributed by atoms with Crippen LogP contribution in [-0.2, 0) is 38.1 Å². The molecule has 0 aromatic carbocycles. The minimum absolute atomic E-state index is 0.00196. The lowest BCUT2D eigenvalue weighted by Gasteiger charge is -2.29. The summed E-state index contributed by atoms with van der Waals surface area (Å²) < 4.78 is 20.4. The van der Waals surface area contributed by atoms with Crippen LogP contribution in [0.25, 0.3) is 0 Å². The van der Waals surface area contributed by atoms with Gasteiger partial charge in [-0.1, -0.05) is 70.4 Å². The van der Waals surface area contributed by atoms with Crippen LogP contribution in [0.15, 0.2) is 12.2 Å². The van der Waals surface area contributed by atoms with Crippen molar-refractivity contribution in [1.29, 1.82) is 0 Å². The second kappa shape index (κ2) is 23.7. The van der Waals surface area contributed by atoms with Gasteiger partial charge < -0.3 is 18.9 Å². The second-order valence-electron chi connectivity index (χ2n) is 9.49. The molecule has 0 bridgehead atoms. The number of allylic oxidation sites excluding steroid dienone is 2. The molecule has 0 aromatic rings. The monoisotopic (exact) mass is 540 g/mol. The third kappa shape index (κ3) is 18.0. The SMILES string of the molecule is CCCCCCCC/C=C\CCCCCCCC(=O)OC(CC(=O)OCC)(CC(=O)OCC)C(=O)OCC. The summed E-state index contributed by atoms with van der Waals surface area (Å²) in [6, 6.07) is 0. The third-order valence-electron chi connectivity index (χ3n) is 6.07. The summed E-state index contributed by atoms with van der Waals surface area (Å²) in [5, 5.41) is 0. The summed E-state index contributed by atoms with van der Waals surface area (Å²) in [5.74, 6) is -3.15. The van der Waals surface area contributed by atoms with Crippen LogP contribution in [0.2, 0.25) is 0 Å². The Morgan fingerprint density at radius 3 is 1.47 bits per heavy atom. The van der Waals surface area contributed by atoms with Crippen molar-refractivity contribution in [3.8, 4) is 0 Å². The van der Waals surface area contributed by atoms with Gasteiger partial charge in [0.2, 0.25) is 5.60 Å². The second-order valence-corrected chi connectivity index (χ2v) is 9.49. The largest absolute Gasteiger partial charge is 0.466 e. The van der Waals surface area contributed by atoms with E-state index in [0.29, 0.717) is 6.42 Å². The van der Waals surface area contributed by atoms with Gasteiger partial charge in [-0.25, -0.2) is 4.79 Å². The summed E-state index contributed by atoms with van der Waals surface area (Å²) >= 11 is 0. The molecule has 0 heterocycles. The summed E-state index contributed by atoms with van der Waals surface area (Å²) in [5.41, 5.74) is -2.10. The Hall–Kier alpha value is -2.38. The molecular weight excluding hydrogens is 488 g/mol. The Labute approximate surface area is 230 Å². The number of ether oxygens (including phenoxy) is 4. The summed E-state index contributed by atoms with van der Waals surface area (Å²) in [4.78, 5) is 49.8. The number of carbonyl (C=O) groups is 4. The molecule has 0 rings (SSSR count). The van der Waals surface area contributed by atoms with E-state index in [1.165, 1.54) is 38.5 Å². The summed E-state index contributed by atoms with van der Waals surface area (Å²) in [6.07, 6.45) is 18.2. The van der Waals surface area contributed by atoms with Crippen LogP contribution in [-0.4, -0.2) is 49.3 Å². The standard InChI is InChI=1S/C30H52O8/c1-5-9-10-11-12-13-14-15-16-17-18-19-20-21-22-23-26(31)38-30(29(34)37-8-4,24-27(32)35-6-2)25-28(33)36-7-3/h15-16H,5-14,17-25H2,1-4H3/b16-15-. The molecule has 38 heavy (non-hydrogen) atoms. The molecule has 0 saturated heterocycles. The fourth-order valence-electron chi connectivity index (χ4n) is 4.08. The van der Waals surface area contributed by atoms with Gasteiger partial charge in [0.25, 0.3) is 0 Å². The zero-order valence-corrected chi connectivity index (χ0v) is 24.4. The van der Waals surface area contributed by atoms with Crippen molar-refractivity contribution < 1.29 is 38.1 Å². The van der Waals surface area contributed by atoms with Gasteiger partial charge in [-0.2, -0.15) is 0 Å². The lowest BCUT2D eigenvalue weighted by molar-refractivity contribution is -0.191. The van der Waals surface area contributed by atoms with Crippen molar-refractivity contribution in [2.45, 2.75) is 136 Å². The van der Waals surface area contributed by atoms with Crippen molar-refractivity contribution in [3.63, 3.8) is 0 Å². The molecule has 0 unspecified atom stereocenters. The summed E-state index contributed by atoms with van der Waals surface area (Å²) in [6.45, 7) is 7.23. The normalized spacial score (nSPS) is 11.4. The number of esters is 4. The number of unbranched alkanes of at least 4 members (excludes halogenated alkanes) is 11. The van der Waals surface area contributed by atoms with Crippen molar-refractivity contribution in [2.75, 3.05) is 19.8 Å². The van der Waals surface area contributed by atoms with Crippen LogP contribution in [0.3, 0.4) is 0 Å². The van der Waals surface area contributed by atoms with Gasteiger partial charge in [0.1, 0.15) is 0 Å². The molecule has 0 aromatic heterocycles. The predicted molar refractivity (Wildman–Crippen MR) is 147 cm³/mol. The fraction of sp³-hybridized carbons (Fsp3) is 0.800. The van der Waals surface area contributed by atoms with Crippen LogP contribution in [0, 0.1) is 0 Å². The highest BCUT2D eigenvalue weighted by molar-refractivity contribution is 5.92. The van der Waals surface area contributed by atoms with Gasteiger partial charge in [-0.05, 0) is 52.9 Å². The Kier molecular flexibility index (Phi) is 22.2. The molecular formula is C30H52O8. The van der Waals surface area contributed by atoms with Gasteiger partial charge >= 0.3 is 23.9 Å². The number of carbonyl (C=O) groups excluding carboxylic acids is 4. The quantitative estimate of drug-likeness (QED) is 0.0571. The maximum atomic E-state index is 12.8. The Balaban J connectivity index is 4.53. The topological polar surface area (TPSA) is 105 Å². The van der Waals surface area contributed by atoms with E-state index in [2.05, 4.69) is 19.1 Å². The van der Waals surface area contributed by atoms with Crippen molar-refractivity contribution in [3.05, 3.63) is 12.2 Å². The van der Waals surface area contributed by atoms with Gasteiger partial charge in [0, 0.05) is 6.42 Å². The number of hydrogen-bond donors (Lipinski definition) is 0. The first-order chi connectivity index (χ1) is 18.3. The average molecular weight is 541 g/mol. The molecule has 220 valence electrons. The molecule has 0 spiro atoms. The van der Waals surface area contributed by atoms with E-state index in [1.807, 2.05) is 0 Å². The van der Waals surface area contributed by atoms with Crippen molar-refractivity contribution in [1.82, 2.24) is 0 Å². The average Bonchev–Trinajstić information content (AvgIpc) is 2.86. The zero-order valence-electron chi connectivity index (χ0n) is 24.4.